The van der Waals surface area contributed by atoms with Crippen LogP contribution in [0.4, 0.5) is 0 Å². The highest BCUT2D eigenvalue weighted by atomic mass is 16.4. The van der Waals surface area contributed by atoms with Gasteiger partial charge in [0.2, 0.25) is 5.91 Å². The van der Waals surface area contributed by atoms with Gasteiger partial charge < -0.3 is 10.4 Å². The van der Waals surface area contributed by atoms with Gasteiger partial charge in [0.25, 0.3) is 0 Å². The first-order chi connectivity index (χ1) is 13.2. The van der Waals surface area contributed by atoms with Crippen LogP contribution in [0.25, 0.3) is 0 Å². The molecule has 0 saturated heterocycles. The number of carboxylic acid groups (broad SMARTS) is 1. The van der Waals surface area contributed by atoms with Crippen LogP contribution in [-0.4, -0.2) is 23.5 Å². The van der Waals surface area contributed by atoms with Crippen LogP contribution in [-0.2, 0) is 9.59 Å². The van der Waals surface area contributed by atoms with Gasteiger partial charge in [0.15, 0.2) is 0 Å². The number of carbonyl (C=O) groups is 2. The summed E-state index contributed by atoms with van der Waals surface area (Å²) < 4.78 is 0. The highest BCUT2D eigenvalue weighted by Gasteiger charge is 2.03. The van der Waals surface area contributed by atoms with Crippen LogP contribution in [0.2, 0.25) is 0 Å². The van der Waals surface area contributed by atoms with Gasteiger partial charge >= 0.3 is 5.97 Å². The molecule has 0 aromatic heterocycles. The maximum atomic E-state index is 11.3. The SMILES string of the molecule is CCCCCCCCCCCCCCCCCCCCC(=O)NCC(=O)O. The lowest BCUT2D eigenvalue weighted by Crippen LogP contribution is -2.28. The molecule has 0 aliphatic heterocycles. The normalized spacial score (nSPS) is 10.9. The van der Waals surface area contributed by atoms with Crippen molar-refractivity contribution in [1.82, 2.24) is 5.32 Å². The zero-order valence-corrected chi connectivity index (χ0v) is 17.9. The van der Waals surface area contributed by atoms with Gasteiger partial charge in [-0.2, -0.15) is 0 Å². The fourth-order valence-corrected chi connectivity index (χ4v) is 3.45. The van der Waals surface area contributed by atoms with Gasteiger partial charge in [-0.25, -0.2) is 0 Å². The number of amides is 1. The molecule has 0 aromatic rings. The number of carbonyl (C=O) groups excluding carboxylic acids is 1. The van der Waals surface area contributed by atoms with Crippen molar-refractivity contribution in [3.63, 3.8) is 0 Å². The summed E-state index contributed by atoms with van der Waals surface area (Å²) in [6.07, 6.45) is 24.4. The van der Waals surface area contributed by atoms with Crippen LogP contribution >= 0.6 is 0 Å². The van der Waals surface area contributed by atoms with E-state index in [1.165, 1.54) is 103 Å². The zero-order chi connectivity index (χ0) is 20.0. The molecule has 0 radical (unpaired) electrons. The molecule has 0 unspecified atom stereocenters. The van der Waals surface area contributed by atoms with Gasteiger partial charge in [0.1, 0.15) is 6.54 Å². The smallest absolute Gasteiger partial charge is 0.322 e. The number of hydrogen-bond acceptors (Lipinski definition) is 2. The Labute approximate surface area is 167 Å². The van der Waals surface area contributed by atoms with Crippen molar-refractivity contribution in [2.45, 2.75) is 129 Å². The standard InChI is InChI=1S/C23H45NO3/c1-2-3-4-5-6-7-8-9-10-11-12-13-14-15-16-17-18-19-20-22(25)24-21-23(26)27/h2-21H2,1H3,(H,24,25)(H,26,27). The van der Waals surface area contributed by atoms with Gasteiger partial charge in [-0.05, 0) is 6.42 Å². The first kappa shape index (κ1) is 25.9. The fourth-order valence-electron chi connectivity index (χ4n) is 3.45. The first-order valence-corrected chi connectivity index (χ1v) is 11.6. The van der Waals surface area contributed by atoms with E-state index in [-0.39, 0.29) is 12.5 Å². The Morgan fingerprint density at radius 1 is 0.593 bits per heavy atom. The predicted octanol–water partition coefficient (Wildman–Crippen LogP) is 6.62. The van der Waals surface area contributed by atoms with Crippen LogP contribution in [0.1, 0.15) is 129 Å². The average Bonchev–Trinajstić information content (AvgIpc) is 2.65. The minimum absolute atomic E-state index is 0.145. The van der Waals surface area contributed by atoms with Crippen molar-refractivity contribution >= 4 is 11.9 Å². The summed E-state index contributed by atoms with van der Waals surface area (Å²) in [6, 6.07) is 0. The molecule has 0 saturated carbocycles. The third kappa shape index (κ3) is 22.9. The zero-order valence-electron chi connectivity index (χ0n) is 17.9. The lowest BCUT2D eigenvalue weighted by Gasteiger charge is -2.04. The third-order valence-corrected chi connectivity index (χ3v) is 5.19. The van der Waals surface area contributed by atoms with Crippen molar-refractivity contribution < 1.29 is 14.7 Å². The van der Waals surface area contributed by atoms with Gasteiger partial charge in [0, 0.05) is 6.42 Å². The monoisotopic (exact) mass is 383 g/mol. The highest BCUT2D eigenvalue weighted by molar-refractivity contribution is 5.80. The summed E-state index contributed by atoms with van der Waals surface area (Å²) in [7, 11) is 0. The van der Waals surface area contributed by atoms with Crippen molar-refractivity contribution in [1.29, 1.82) is 0 Å². The molecule has 0 aliphatic rings. The molecule has 0 heterocycles. The number of hydrogen-bond donors (Lipinski definition) is 2. The number of rotatable bonds is 21. The minimum atomic E-state index is -0.985. The molecule has 0 aliphatic carbocycles. The summed E-state index contributed by atoms with van der Waals surface area (Å²) in [5.74, 6) is -1.13. The summed E-state index contributed by atoms with van der Waals surface area (Å²) in [5.41, 5.74) is 0. The number of carboxylic acids is 1. The van der Waals surface area contributed by atoms with Crippen LogP contribution in [0.5, 0.6) is 0 Å². The van der Waals surface area contributed by atoms with E-state index < -0.39 is 5.97 Å². The molecule has 2 N–H and O–H groups in total. The van der Waals surface area contributed by atoms with Gasteiger partial charge in [-0.15, -0.1) is 0 Å². The Bertz CT molecular complexity index is 345. The topological polar surface area (TPSA) is 66.4 Å². The molecule has 4 heteroatoms. The Morgan fingerprint density at radius 3 is 1.26 bits per heavy atom. The third-order valence-electron chi connectivity index (χ3n) is 5.19. The van der Waals surface area contributed by atoms with Crippen molar-refractivity contribution in [2.24, 2.45) is 0 Å². The van der Waals surface area contributed by atoms with Crippen LogP contribution in [0, 0.1) is 0 Å². The second kappa shape index (κ2) is 21.2. The van der Waals surface area contributed by atoms with E-state index in [2.05, 4.69) is 12.2 Å². The van der Waals surface area contributed by atoms with E-state index in [9.17, 15) is 9.59 Å². The van der Waals surface area contributed by atoms with Gasteiger partial charge in [0.05, 0.1) is 0 Å². The Kier molecular flexibility index (Phi) is 20.4. The van der Waals surface area contributed by atoms with E-state index in [4.69, 9.17) is 5.11 Å². The van der Waals surface area contributed by atoms with Crippen molar-refractivity contribution in [2.75, 3.05) is 6.54 Å². The summed E-state index contributed by atoms with van der Waals surface area (Å²) in [5, 5.41) is 10.9. The number of nitrogens with one attached hydrogen (secondary N) is 1. The van der Waals surface area contributed by atoms with Crippen LogP contribution < -0.4 is 5.32 Å². The number of aliphatic carboxylic acids is 1. The number of unbranched alkanes of at least 4 members (excludes halogenated alkanes) is 17. The van der Waals surface area contributed by atoms with Gasteiger partial charge in [-0.1, -0.05) is 116 Å². The maximum Gasteiger partial charge on any atom is 0.322 e. The largest absolute Gasteiger partial charge is 0.480 e. The summed E-state index contributed by atoms with van der Waals surface area (Å²) in [4.78, 5) is 21.7. The molecule has 0 rings (SSSR count). The summed E-state index contributed by atoms with van der Waals surface area (Å²) >= 11 is 0. The molecular formula is C23H45NO3. The van der Waals surface area contributed by atoms with E-state index >= 15 is 0 Å². The van der Waals surface area contributed by atoms with E-state index in [0.29, 0.717) is 6.42 Å². The molecule has 4 nitrogen and oxygen atoms in total. The lowest BCUT2D eigenvalue weighted by molar-refractivity contribution is -0.137. The Morgan fingerprint density at radius 2 is 0.926 bits per heavy atom. The van der Waals surface area contributed by atoms with E-state index in [0.717, 1.165) is 12.8 Å². The van der Waals surface area contributed by atoms with Crippen molar-refractivity contribution in [3.8, 4) is 0 Å². The second-order valence-electron chi connectivity index (χ2n) is 7.93. The molecule has 0 bridgehead atoms. The Balaban J connectivity index is 3.09. The molecule has 0 aromatic carbocycles. The van der Waals surface area contributed by atoms with E-state index in [1.807, 2.05) is 0 Å². The van der Waals surface area contributed by atoms with Crippen molar-refractivity contribution in [3.05, 3.63) is 0 Å². The highest BCUT2D eigenvalue weighted by Crippen LogP contribution is 2.14. The molecule has 0 spiro atoms. The molecule has 27 heavy (non-hydrogen) atoms. The molecular weight excluding hydrogens is 338 g/mol. The predicted molar refractivity (Wildman–Crippen MR) is 114 cm³/mol. The second-order valence-corrected chi connectivity index (χ2v) is 7.93. The molecule has 1 amide bonds. The van der Waals surface area contributed by atoms with E-state index in [1.54, 1.807) is 0 Å². The molecule has 0 fully saturated rings. The fraction of sp³-hybridized carbons (Fsp3) is 0.913. The Hall–Kier alpha value is -1.06. The van der Waals surface area contributed by atoms with Crippen LogP contribution in [0.15, 0.2) is 0 Å². The first-order valence-electron chi connectivity index (χ1n) is 11.6. The summed E-state index contributed by atoms with van der Waals surface area (Å²) in [6.45, 7) is 2.01. The average molecular weight is 384 g/mol. The van der Waals surface area contributed by atoms with Gasteiger partial charge in [-0.3, -0.25) is 9.59 Å². The quantitative estimate of drug-likeness (QED) is 0.219. The minimum Gasteiger partial charge on any atom is -0.480 e. The molecule has 0 atom stereocenters. The lowest BCUT2D eigenvalue weighted by atomic mass is 10.0. The maximum absolute atomic E-state index is 11.3. The molecule has 160 valence electrons. The van der Waals surface area contributed by atoms with Crippen LogP contribution in [0.3, 0.4) is 0 Å².